The van der Waals surface area contributed by atoms with Crippen LogP contribution in [0.5, 0.6) is 0 Å². The number of hydrogen-bond acceptors (Lipinski definition) is 1. The van der Waals surface area contributed by atoms with Crippen molar-refractivity contribution in [3.05, 3.63) is 139 Å². The van der Waals surface area contributed by atoms with Crippen molar-refractivity contribution in [2.45, 2.75) is 6.92 Å². The highest BCUT2D eigenvalue weighted by Gasteiger charge is 2.22. The van der Waals surface area contributed by atoms with Gasteiger partial charge in [0.15, 0.2) is 0 Å². The van der Waals surface area contributed by atoms with Gasteiger partial charge in [-0.25, -0.2) is 0 Å². The summed E-state index contributed by atoms with van der Waals surface area (Å²) in [6.45, 7) is 2.04. The Hall–Kier alpha value is -4.89. The van der Waals surface area contributed by atoms with E-state index in [1.54, 1.807) is 0 Å². The summed E-state index contributed by atoms with van der Waals surface area (Å²) in [4.78, 5) is 14.1. The van der Waals surface area contributed by atoms with Gasteiger partial charge in [0.25, 0.3) is 5.91 Å². The molecule has 176 valence electrons. The van der Waals surface area contributed by atoms with E-state index in [1.807, 2.05) is 66.1 Å². The molecule has 2 heterocycles. The van der Waals surface area contributed by atoms with Crippen molar-refractivity contribution in [2.24, 2.45) is 0 Å². The van der Waals surface area contributed by atoms with Crippen LogP contribution in [0.3, 0.4) is 0 Å². The minimum Gasteiger partial charge on any atom is -0.309 e. The summed E-state index contributed by atoms with van der Waals surface area (Å²) in [7, 11) is 0. The predicted molar refractivity (Wildman–Crippen MR) is 153 cm³/mol. The maximum atomic E-state index is 14.1. The van der Waals surface area contributed by atoms with Gasteiger partial charge < -0.3 is 4.57 Å². The number of benzene rings is 5. The zero-order valence-corrected chi connectivity index (χ0v) is 20.4. The molecule has 0 aliphatic carbocycles. The molecule has 7 aromatic rings. The summed E-state index contributed by atoms with van der Waals surface area (Å²) >= 11 is 0. The van der Waals surface area contributed by atoms with Crippen LogP contribution in [0.25, 0.3) is 49.7 Å². The van der Waals surface area contributed by atoms with Gasteiger partial charge >= 0.3 is 0 Å². The van der Waals surface area contributed by atoms with Gasteiger partial charge in [0, 0.05) is 27.4 Å². The van der Waals surface area contributed by atoms with Crippen molar-refractivity contribution in [3.8, 4) is 16.9 Å². The van der Waals surface area contributed by atoms with Crippen LogP contribution >= 0.6 is 0 Å². The van der Waals surface area contributed by atoms with Crippen molar-refractivity contribution < 1.29 is 4.79 Å². The number of carbonyl (C=O) groups is 1. The maximum absolute atomic E-state index is 14.1. The lowest BCUT2D eigenvalue weighted by Gasteiger charge is -2.11. The predicted octanol–water partition coefficient (Wildman–Crippen LogP) is 8.40. The first-order valence-corrected chi connectivity index (χ1v) is 12.5. The third-order valence-electron chi connectivity index (χ3n) is 7.20. The fourth-order valence-corrected chi connectivity index (χ4v) is 5.45. The number of hydrogen-bond donors (Lipinski definition) is 0. The van der Waals surface area contributed by atoms with E-state index in [9.17, 15) is 4.79 Å². The Labute approximate surface area is 214 Å². The van der Waals surface area contributed by atoms with Gasteiger partial charge in [-0.2, -0.15) is 0 Å². The Morgan fingerprint density at radius 2 is 1.27 bits per heavy atom. The SMILES string of the molecule is Cc1ccc(C(=O)n2c3ccccc3c3ccc4c(cc(-c5ccccc5)n4-c4ccccc4)c32)cc1. The molecule has 0 atom stereocenters. The Bertz CT molecular complexity index is 1930. The summed E-state index contributed by atoms with van der Waals surface area (Å²) in [5.74, 6) is -0.0209. The van der Waals surface area contributed by atoms with Crippen LogP contribution in [0.1, 0.15) is 15.9 Å². The molecule has 3 heteroatoms. The number of rotatable bonds is 3. The highest BCUT2D eigenvalue weighted by Crippen LogP contribution is 2.39. The highest BCUT2D eigenvalue weighted by atomic mass is 16.2. The highest BCUT2D eigenvalue weighted by molar-refractivity contribution is 6.23. The molecular formula is C34H24N2O. The molecule has 0 saturated heterocycles. The van der Waals surface area contributed by atoms with Gasteiger partial charge in [0.05, 0.1) is 22.2 Å². The minimum absolute atomic E-state index is 0.0209. The number of fused-ring (bicyclic) bond motifs is 5. The molecule has 0 radical (unpaired) electrons. The molecule has 0 unspecified atom stereocenters. The molecule has 0 N–H and O–H groups in total. The third kappa shape index (κ3) is 3.32. The number of aryl methyl sites for hydroxylation is 1. The second kappa shape index (κ2) is 8.35. The van der Waals surface area contributed by atoms with E-state index in [0.29, 0.717) is 5.56 Å². The number of nitrogens with zero attached hydrogens (tertiary/aromatic N) is 2. The molecule has 5 aromatic carbocycles. The second-order valence-electron chi connectivity index (χ2n) is 9.48. The fraction of sp³-hybridized carbons (Fsp3) is 0.0294. The topological polar surface area (TPSA) is 26.9 Å². The first-order valence-electron chi connectivity index (χ1n) is 12.5. The molecule has 0 spiro atoms. The Morgan fingerprint density at radius 3 is 2.03 bits per heavy atom. The van der Waals surface area contributed by atoms with Crippen molar-refractivity contribution in [2.75, 3.05) is 0 Å². The van der Waals surface area contributed by atoms with Gasteiger partial charge in [0.2, 0.25) is 0 Å². The van der Waals surface area contributed by atoms with E-state index < -0.39 is 0 Å². The lowest BCUT2D eigenvalue weighted by Crippen LogP contribution is -2.11. The van der Waals surface area contributed by atoms with Crippen molar-refractivity contribution >= 4 is 38.6 Å². The van der Waals surface area contributed by atoms with Gasteiger partial charge in [-0.1, -0.05) is 90.5 Å². The van der Waals surface area contributed by atoms with Crippen molar-refractivity contribution in [1.29, 1.82) is 0 Å². The molecular weight excluding hydrogens is 452 g/mol. The number of aromatic nitrogens is 2. The normalized spacial score (nSPS) is 11.5. The van der Waals surface area contributed by atoms with E-state index in [-0.39, 0.29) is 5.91 Å². The van der Waals surface area contributed by atoms with Gasteiger partial charge in [0.1, 0.15) is 0 Å². The third-order valence-corrected chi connectivity index (χ3v) is 7.20. The first-order chi connectivity index (χ1) is 18.2. The number of para-hydroxylation sites is 2. The molecule has 0 fully saturated rings. The minimum atomic E-state index is -0.0209. The van der Waals surface area contributed by atoms with E-state index in [2.05, 4.69) is 77.4 Å². The fourth-order valence-electron chi connectivity index (χ4n) is 5.45. The van der Waals surface area contributed by atoms with Crippen LogP contribution in [-0.4, -0.2) is 15.0 Å². The van der Waals surface area contributed by atoms with E-state index >= 15 is 0 Å². The molecule has 0 saturated carbocycles. The van der Waals surface area contributed by atoms with Crippen LogP contribution in [0.2, 0.25) is 0 Å². The lowest BCUT2D eigenvalue weighted by molar-refractivity contribution is 0.0969. The zero-order valence-electron chi connectivity index (χ0n) is 20.4. The summed E-state index contributed by atoms with van der Waals surface area (Å²) in [6.07, 6.45) is 0. The van der Waals surface area contributed by atoms with Crippen LogP contribution in [0, 0.1) is 6.92 Å². The smallest absolute Gasteiger partial charge is 0.262 e. The van der Waals surface area contributed by atoms with Gasteiger partial charge in [-0.15, -0.1) is 0 Å². The average molecular weight is 477 g/mol. The molecule has 2 aromatic heterocycles. The summed E-state index contributed by atoms with van der Waals surface area (Å²) in [5, 5.41) is 3.21. The monoisotopic (exact) mass is 476 g/mol. The summed E-state index contributed by atoms with van der Waals surface area (Å²) < 4.78 is 4.20. The molecule has 3 nitrogen and oxygen atoms in total. The zero-order chi connectivity index (χ0) is 24.9. The molecule has 0 amide bonds. The first kappa shape index (κ1) is 21.4. The summed E-state index contributed by atoms with van der Waals surface area (Å²) in [6, 6.07) is 43.5. The van der Waals surface area contributed by atoms with Crippen molar-refractivity contribution in [3.63, 3.8) is 0 Å². The number of carbonyl (C=O) groups excluding carboxylic acids is 1. The molecule has 0 bridgehead atoms. The largest absolute Gasteiger partial charge is 0.309 e. The maximum Gasteiger partial charge on any atom is 0.262 e. The summed E-state index contributed by atoms with van der Waals surface area (Å²) in [5.41, 5.74) is 8.05. The molecule has 37 heavy (non-hydrogen) atoms. The Morgan fingerprint density at radius 1 is 0.595 bits per heavy atom. The standard InChI is InChI=1S/C34H24N2O/c1-23-16-18-25(19-17-23)34(37)36-30-15-9-8-14-27(30)28-20-21-31-29(33(28)36)22-32(24-10-4-2-5-11-24)35(31)26-12-6-3-7-13-26/h2-22H,1H3. The molecule has 0 aliphatic rings. The van der Waals surface area contributed by atoms with Gasteiger partial charge in [-0.05, 0) is 55.0 Å². The van der Waals surface area contributed by atoms with E-state index in [1.165, 1.54) is 0 Å². The molecule has 7 rings (SSSR count). The van der Waals surface area contributed by atoms with Crippen LogP contribution in [0.4, 0.5) is 0 Å². The van der Waals surface area contributed by atoms with Crippen LogP contribution in [-0.2, 0) is 0 Å². The lowest BCUT2D eigenvalue weighted by atomic mass is 10.1. The van der Waals surface area contributed by atoms with Crippen molar-refractivity contribution in [1.82, 2.24) is 9.13 Å². The van der Waals surface area contributed by atoms with E-state index in [4.69, 9.17) is 0 Å². The van der Waals surface area contributed by atoms with Crippen LogP contribution < -0.4 is 0 Å². The van der Waals surface area contributed by atoms with E-state index in [0.717, 1.165) is 55.2 Å². The second-order valence-corrected chi connectivity index (χ2v) is 9.48. The Balaban J connectivity index is 1.63. The molecule has 0 aliphatic heterocycles. The van der Waals surface area contributed by atoms with Crippen LogP contribution in [0.15, 0.2) is 127 Å². The Kier molecular flexibility index (Phi) is 4.83. The average Bonchev–Trinajstić information content (AvgIpc) is 3.50. The quantitative estimate of drug-likeness (QED) is 0.251. The van der Waals surface area contributed by atoms with Gasteiger partial charge in [-0.3, -0.25) is 9.36 Å².